The van der Waals surface area contributed by atoms with Crippen molar-refractivity contribution in [2.75, 3.05) is 39.8 Å². The van der Waals surface area contributed by atoms with Crippen LogP contribution in [0.15, 0.2) is 48.7 Å². The lowest BCUT2D eigenvalue weighted by atomic mass is 10.2. The van der Waals surface area contributed by atoms with E-state index < -0.39 is 0 Å². The molecular formula is C17H23N3O2. The number of carbonyl (C=O) groups is 1. The minimum absolute atomic E-state index is 0.0971. The first-order chi connectivity index (χ1) is 10.7. The number of nitrogens with zero attached hydrogens (tertiary/aromatic N) is 2. The van der Waals surface area contributed by atoms with Crippen molar-refractivity contribution in [2.24, 2.45) is 0 Å². The predicted molar refractivity (Wildman–Crippen MR) is 87.8 cm³/mol. The highest BCUT2D eigenvalue weighted by molar-refractivity contribution is 5.92. The van der Waals surface area contributed by atoms with Gasteiger partial charge in [-0.3, -0.25) is 15.1 Å². The van der Waals surface area contributed by atoms with Crippen LogP contribution in [0.25, 0.3) is 6.08 Å². The molecule has 0 aromatic heterocycles. The van der Waals surface area contributed by atoms with Crippen molar-refractivity contribution in [3.63, 3.8) is 0 Å². The predicted octanol–water partition coefficient (Wildman–Crippen LogP) is 1.51. The van der Waals surface area contributed by atoms with Crippen molar-refractivity contribution in [1.82, 2.24) is 15.3 Å². The van der Waals surface area contributed by atoms with Crippen LogP contribution in [0.5, 0.6) is 0 Å². The minimum atomic E-state index is -0.0971. The molecule has 1 amide bonds. The fraction of sp³-hybridized carbons (Fsp3) is 0.353. The van der Waals surface area contributed by atoms with Gasteiger partial charge in [0.25, 0.3) is 5.91 Å². The van der Waals surface area contributed by atoms with Crippen LogP contribution in [0.1, 0.15) is 5.56 Å². The molecule has 1 aromatic rings. The molecule has 1 aliphatic heterocycles. The van der Waals surface area contributed by atoms with Gasteiger partial charge in [-0.1, -0.05) is 49.1 Å². The molecular weight excluding hydrogens is 278 g/mol. The summed E-state index contributed by atoms with van der Waals surface area (Å²) in [5, 5.41) is 0. The lowest BCUT2D eigenvalue weighted by Crippen LogP contribution is -2.48. The van der Waals surface area contributed by atoms with Crippen molar-refractivity contribution in [3.05, 3.63) is 54.2 Å². The Morgan fingerprint density at radius 1 is 1.27 bits per heavy atom. The Morgan fingerprint density at radius 3 is 2.64 bits per heavy atom. The Bertz CT molecular complexity index is 520. The van der Waals surface area contributed by atoms with Crippen molar-refractivity contribution in [3.8, 4) is 0 Å². The van der Waals surface area contributed by atoms with Crippen LogP contribution in [-0.2, 0) is 9.63 Å². The molecule has 1 saturated heterocycles. The van der Waals surface area contributed by atoms with E-state index in [1.54, 1.807) is 4.90 Å². The Morgan fingerprint density at radius 2 is 1.95 bits per heavy atom. The molecule has 1 aromatic carbocycles. The summed E-state index contributed by atoms with van der Waals surface area (Å²) < 4.78 is 0. The molecule has 0 atom stereocenters. The highest BCUT2D eigenvalue weighted by Crippen LogP contribution is 2.04. The fourth-order valence-corrected chi connectivity index (χ4v) is 2.17. The van der Waals surface area contributed by atoms with E-state index in [1.165, 1.54) is 0 Å². The third kappa shape index (κ3) is 5.02. The zero-order valence-electron chi connectivity index (χ0n) is 13.0. The summed E-state index contributed by atoms with van der Waals surface area (Å²) in [5.41, 5.74) is 4.01. The van der Waals surface area contributed by atoms with E-state index in [1.807, 2.05) is 42.5 Å². The van der Waals surface area contributed by atoms with Gasteiger partial charge in [-0.05, 0) is 12.6 Å². The van der Waals surface area contributed by atoms with Crippen molar-refractivity contribution in [1.29, 1.82) is 0 Å². The smallest absolute Gasteiger partial charge is 0.271 e. The summed E-state index contributed by atoms with van der Waals surface area (Å²) in [6.07, 6.45) is 3.85. The average Bonchev–Trinajstić information content (AvgIpc) is 2.55. The second kappa shape index (κ2) is 8.36. The summed E-state index contributed by atoms with van der Waals surface area (Å²) >= 11 is 0. The molecule has 0 spiro atoms. The standard InChI is InChI=1S/C17H23N3O2/c1-15(17(21)20-12-10-19(2)11-13-20)18-22-14-6-9-16-7-4-3-5-8-16/h3-9,18H,1,10-14H2,2H3. The molecule has 0 aliphatic carbocycles. The van der Waals surface area contributed by atoms with Crippen LogP contribution in [0.2, 0.25) is 0 Å². The van der Waals surface area contributed by atoms with E-state index in [4.69, 9.17) is 4.84 Å². The van der Waals surface area contributed by atoms with Gasteiger partial charge in [-0.15, -0.1) is 0 Å². The van der Waals surface area contributed by atoms with E-state index in [0.717, 1.165) is 31.7 Å². The minimum Gasteiger partial charge on any atom is -0.335 e. The first-order valence-corrected chi connectivity index (χ1v) is 7.43. The number of amides is 1. The Hall–Kier alpha value is -2.11. The summed E-state index contributed by atoms with van der Waals surface area (Å²) in [6, 6.07) is 9.97. The number of carbonyl (C=O) groups excluding carboxylic acids is 1. The van der Waals surface area contributed by atoms with Crippen molar-refractivity contribution in [2.45, 2.75) is 0 Å². The lowest BCUT2D eigenvalue weighted by Gasteiger charge is -2.32. The third-order valence-electron chi connectivity index (χ3n) is 3.53. The second-order valence-corrected chi connectivity index (χ2v) is 5.30. The fourth-order valence-electron chi connectivity index (χ4n) is 2.17. The summed E-state index contributed by atoms with van der Waals surface area (Å²) in [4.78, 5) is 21.4. The van der Waals surface area contributed by atoms with Crippen LogP contribution in [0.3, 0.4) is 0 Å². The molecule has 22 heavy (non-hydrogen) atoms. The van der Waals surface area contributed by atoms with Crippen LogP contribution in [-0.4, -0.2) is 55.5 Å². The highest BCUT2D eigenvalue weighted by atomic mass is 16.6. The number of hydroxylamine groups is 1. The number of nitrogens with one attached hydrogen (secondary N) is 1. The van der Waals surface area contributed by atoms with Crippen LogP contribution >= 0.6 is 0 Å². The molecule has 1 N–H and O–H groups in total. The maximum Gasteiger partial charge on any atom is 0.271 e. The van der Waals surface area contributed by atoms with Gasteiger partial charge in [0.15, 0.2) is 0 Å². The number of likely N-dealkylation sites (N-methyl/N-ethyl adjacent to an activating group) is 1. The van der Waals surface area contributed by atoms with Crippen LogP contribution < -0.4 is 5.48 Å². The molecule has 1 aliphatic rings. The van der Waals surface area contributed by atoms with Gasteiger partial charge in [0.05, 0.1) is 6.61 Å². The number of hydrogen-bond acceptors (Lipinski definition) is 4. The molecule has 2 rings (SSSR count). The number of benzene rings is 1. The normalized spacial score (nSPS) is 16.0. The maximum atomic E-state index is 12.1. The SMILES string of the molecule is C=C(NOCC=Cc1ccccc1)C(=O)N1CCN(C)CC1. The topological polar surface area (TPSA) is 44.8 Å². The van der Waals surface area contributed by atoms with Crippen LogP contribution in [0, 0.1) is 0 Å². The van der Waals surface area contributed by atoms with Crippen LogP contribution in [0.4, 0.5) is 0 Å². The van der Waals surface area contributed by atoms with Gasteiger partial charge >= 0.3 is 0 Å². The number of rotatable bonds is 6. The molecule has 0 radical (unpaired) electrons. The van der Waals surface area contributed by atoms with Gasteiger partial charge in [-0.25, -0.2) is 0 Å². The van der Waals surface area contributed by atoms with E-state index >= 15 is 0 Å². The highest BCUT2D eigenvalue weighted by Gasteiger charge is 2.20. The molecule has 1 heterocycles. The molecule has 0 bridgehead atoms. The first-order valence-electron chi connectivity index (χ1n) is 7.43. The Kier molecular flexibility index (Phi) is 6.18. The van der Waals surface area contributed by atoms with Crippen molar-refractivity contribution < 1.29 is 9.63 Å². The van der Waals surface area contributed by atoms with E-state index in [9.17, 15) is 4.79 Å². The van der Waals surface area contributed by atoms with Gasteiger partial charge in [0.2, 0.25) is 0 Å². The van der Waals surface area contributed by atoms with E-state index in [-0.39, 0.29) is 11.6 Å². The van der Waals surface area contributed by atoms with Gasteiger partial charge in [0, 0.05) is 26.2 Å². The zero-order valence-corrected chi connectivity index (χ0v) is 13.0. The monoisotopic (exact) mass is 301 g/mol. The zero-order chi connectivity index (χ0) is 15.8. The maximum absolute atomic E-state index is 12.1. The largest absolute Gasteiger partial charge is 0.335 e. The summed E-state index contributed by atoms with van der Waals surface area (Å²) in [6.45, 7) is 7.33. The summed E-state index contributed by atoms with van der Waals surface area (Å²) in [5.74, 6) is -0.0971. The lowest BCUT2D eigenvalue weighted by molar-refractivity contribution is -0.130. The average molecular weight is 301 g/mol. The van der Waals surface area contributed by atoms with Gasteiger partial charge in [0.1, 0.15) is 5.70 Å². The summed E-state index contributed by atoms with van der Waals surface area (Å²) in [7, 11) is 2.05. The quantitative estimate of drug-likeness (QED) is 0.491. The Balaban J connectivity index is 1.67. The molecule has 0 unspecified atom stereocenters. The van der Waals surface area contributed by atoms with E-state index in [0.29, 0.717) is 6.61 Å². The molecule has 1 fully saturated rings. The number of hydrogen-bond donors (Lipinski definition) is 1. The molecule has 5 heteroatoms. The third-order valence-corrected chi connectivity index (χ3v) is 3.53. The van der Waals surface area contributed by atoms with Gasteiger partial charge < -0.3 is 9.80 Å². The number of piperazine rings is 1. The van der Waals surface area contributed by atoms with Crippen molar-refractivity contribution >= 4 is 12.0 Å². The Labute approximate surface area is 131 Å². The van der Waals surface area contributed by atoms with Gasteiger partial charge in [-0.2, -0.15) is 0 Å². The molecule has 5 nitrogen and oxygen atoms in total. The van der Waals surface area contributed by atoms with E-state index in [2.05, 4.69) is 24.0 Å². The second-order valence-electron chi connectivity index (χ2n) is 5.30. The molecule has 0 saturated carbocycles. The first kappa shape index (κ1) is 16.3. The molecule has 118 valence electrons.